The summed E-state index contributed by atoms with van der Waals surface area (Å²) in [5.41, 5.74) is 2.54. The highest BCUT2D eigenvalue weighted by Gasteiger charge is 2.22. The van der Waals surface area contributed by atoms with Crippen LogP contribution in [0, 0.1) is 0 Å². The van der Waals surface area contributed by atoms with E-state index in [1.807, 2.05) is 17.0 Å². The lowest BCUT2D eigenvalue weighted by Crippen LogP contribution is -2.44. The number of fused-ring (bicyclic) bond motifs is 1. The summed E-state index contributed by atoms with van der Waals surface area (Å²) < 4.78 is 5.38. The molecular weight excluding hydrogens is 354 g/mol. The van der Waals surface area contributed by atoms with Crippen molar-refractivity contribution in [2.75, 3.05) is 52.5 Å². The third-order valence-corrected chi connectivity index (χ3v) is 5.18. The van der Waals surface area contributed by atoms with Gasteiger partial charge < -0.3 is 20.3 Å². The van der Waals surface area contributed by atoms with Crippen molar-refractivity contribution >= 4 is 11.9 Å². The molecule has 7 heteroatoms. The smallest absolute Gasteiger partial charge is 0.223 e. The molecule has 0 aromatic heterocycles. The molecule has 1 amide bonds. The van der Waals surface area contributed by atoms with Crippen LogP contribution in [0.25, 0.3) is 0 Å². The van der Waals surface area contributed by atoms with Gasteiger partial charge in [0.1, 0.15) is 0 Å². The number of carbonyl (C=O) groups is 1. The summed E-state index contributed by atoms with van der Waals surface area (Å²) in [4.78, 5) is 21.4. The number of guanidine groups is 1. The zero-order valence-electron chi connectivity index (χ0n) is 17.0. The number of morpholine rings is 1. The van der Waals surface area contributed by atoms with Crippen LogP contribution in [-0.2, 0) is 22.6 Å². The van der Waals surface area contributed by atoms with Crippen LogP contribution in [-0.4, -0.2) is 74.1 Å². The van der Waals surface area contributed by atoms with Crippen molar-refractivity contribution in [3.8, 4) is 0 Å². The molecule has 0 atom stereocenters. The number of ether oxygens (including phenoxy) is 1. The number of carbonyl (C=O) groups excluding carboxylic acids is 1. The first-order chi connectivity index (χ1) is 13.8. The molecule has 0 radical (unpaired) electrons. The van der Waals surface area contributed by atoms with Gasteiger partial charge in [0.25, 0.3) is 0 Å². The highest BCUT2D eigenvalue weighted by Crippen LogP contribution is 2.22. The maximum absolute atomic E-state index is 12.5. The highest BCUT2D eigenvalue weighted by molar-refractivity contribution is 5.80. The predicted molar refractivity (Wildman–Crippen MR) is 111 cm³/mol. The average Bonchev–Trinajstić information content (AvgIpc) is 3.16. The van der Waals surface area contributed by atoms with Crippen LogP contribution in [0.5, 0.6) is 0 Å². The number of nitrogens with one attached hydrogen (secondary N) is 2. The van der Waals surface area contributed by atoms with Crippen molar-refractivity contribution in [2.45, 2.75) is 32.9 Å². The van der Waals surface area contributed by atoms with Gasteiger partial charge in [-0.15, -0.1) is 0 Å². The Morgan fingerprint density at radius 1 is 1.14 bits per heavy atom. The number of aliphatic imine (C=N–C) groups is 1. The second kappa shape index (κ2) is 11.0. The average molecular weight is 388 g/mol. The molecule has 2 N–H and O–H groups in total. The van der Waals surface area contributed by atoms with Crippen molar-refractivity contribution in [1.29, 1.82) is 0 Å². The second-order valence-electron chi connectivity index (χ2n) is 7.26. The summed E-state index contributed by atoms with van der Waals surface area (Å²) in [5.74, 6) is 1.05. The Morgan fingerprint density at radius 3 is 2.54 bits per heavy atom. The number of amides is 1. The first-order valence-corrected chi connectivity index (χ1v) is 10.4. The molecule has 7 nitrogen and oxygen atoms in total. The van der Waals surface area contributed by atoms with Gasteiger partial charge >= 0.3 is 0 Å². The van der Waals surface area contributed by atoms with Crippen molar-refractivity contribution < 1.29 is 9.53 Å². The van der Waals surface area contributed by atoms with E-state index >= 15 is 0 Å². The minimum Gasteiger partial charge on any atom is -0.379 e. The molecule has 0 bridgehead atoms. The van der Waals surface area contributed by atoms with Crippen molar-refractivity contribution in [3.05, 3.63) is 35.4 Å². The van der Waals surface area contributed by atoms with E-state index in [2.05, 4.69) is 39.6 Å². The molecule has 0 spiro atoms. The Morgan fingerprint density at radius 2 is 1.86 bits per heavy atom. The number of hydrogen-bond acceptors (Lipinski definition) is 4. The Kier molecular flexibility index (Phi) is 8.11. The monoisotopic (exact) mass is 387 g/mol. The Bertz CT molecular complexity index is 633. The molecule has 2 heterocycles. The van der Waals surface area contributed by atoms with Gasteiger partial charge in [-0.3, -0.25) is 14.7 Å². The fraction of sp³-hybridized carbons (Fsp3) is 0.619. The lowest BCUT2D eigenvalue weighted by molar-refractivity contribution is -0.131. The van der Waals surface area contributed by atoms with E-state index in [0.717, 1.165) is 71.4 Å². The van der Waals surface area contributed by atoms with Gasteiger partial charge in [0.2, 0.25) is 5.91 Å². The van der Waals surface area contributed by atoms with E-state index in [4.69, 9.17) is 4.74 Å². The van der Waals surface area contributed by atoms with E-state index < -0.39 is 0 Å². The molecule has 0 unspecified atom stereocenters. The summed E-state index contributed by atoms with van der Waals surface area (Å²) >= 11 is 0. The third-order valence-electron chi connectivity index (χ3n) is 5.18. The Hall–Kier alpha value is -2.12. The van der Waals surface area contributed by atoms with E-state index in [1.165, 1.54) is 11.1 Å². The van der Waals surface area contributed by atoms with E-state index in [-0.39, 0.29) is 5.91 Å². The van der Waals surface area contributed by atoms with Crippen molar-refractivity contribution in [3.63, 3.8) is 0 Å². The minimum atomic E-state index is 0.219. The topological polar surface area (TPSA) is 69.2 Å². The number of hydrogen-bond donors (Lipinski definition) is 2. The first kappa shape index (κ1) is 20.6. The van der Waals surface area contributed by atoms with Crippen molar-refractivity contribution in [2.24, 2.45) is 4.99 Å². The summed E-state index contributed by atoms with van der Waals surface area (Å²) in [7, 11) is 0. The van der Waals surface area contributed by atoms with E-state index in [1.54, 1.807) is 0 Å². The Labute approximate surface area is 168 Å². The van der Waals surface area contributed by atoms with Crippen LogP contribution < -0.4 is 10.6 Å². The normalized spacial score (nSPS) is 17.5. The number of nitrogens with zero attached hydrogens (tertiary/aromatic N) is 3. The molecule has 3 rings (SSSR count). The van der Waals surface area contributed by atoms with Gasteiger partial charge in [-0.2, -0.15) is 0 Å². The SMILES string of the molecule is CCNC(=NCCCC(=O)N1Cc2ccccc2C1)NCCN1CCOCC1. The quantitative estimate of drug-likeness (QED) is 0.399. The molecule has 28 heavy (non-hydrogen) atoms. The number of rotatable bonds is 8. The summed E-state index contributed by atoms with van der Waals surface area (Å²) in [6.45, 7) is 10.5. The first-order valence-electron chi connectivity index (χ1n) is 10.4. The summed E-state index contributed by atoms with van der Waals surface area (Å²) in [6, 6.07) is 8.29. The van der Waals surface area contributed by atoms with Crippen LogP contribution in [0.1, 0.15) is 30.9 Å². The van der Waals surface area contributed by atoms with Crippen LogP contribution in [0.3, 0.4) is 0 Å². The molecule has 1 aromatic rings. The van der Waals surface area contributed by atoms with Crippen LogP contribution in [0.4, 0.5) is 0 Å². The number of benzene rings is 1. The fourth-order valence-corrected chi connectivity index (χ4v) is 3.59. The molecule has 1 fully saturated rings. The van der Waals surface area contributed by atoms with E-state index in [9.17, 15) is 4.79 Å². The lowest BCUT2D eigenvalue weighted by atomic mass is 10.1. The second-order valence-corrected chi connectivity index (χ2v) is 7.26. The molecular formula is C21H33N5O2. The zero-order valence-corrected chi connectivity index (χ0v) is 17.0. The molecule has 2 aliphatic rings. The van der Waals surface area contributed by atoms with Gasteiger partial charge in [0.05, 0.1) is 13.2 Å². The van der Waals surface area contributed by atoms with Gasteiger partial charge in [-0.05, 0) is 24.5 Å². The van der Waals surface area contributed by atoms with E-state index in [0.29, 0.717) is 13.0 Å². The zero-order chi connectivity index (χ0) is 19.6. The molecule has 0 saturated carbocycles. The molecule has 2 aliphatic heterocycles. The maximum atomic E-state index is 12.5. The third kappa shape index (κ3) is 6.21. The predicted octanol–water partition coefficient (Wildman–Crippen LogP) is 1.20. The van der Waals surface area contributed by atoms with Gasteiger partial charge in [-0.1, -0.05) is 24.3 Å². The summed E-state index contributed by atoms with van der Waals surface area (Å²) in [6.07, 6.45) is 1.32. The standard InChI is InChI=1S/C21H33N5O2/c1-2-22-21(24-10-11-25-12-14-28-15-13-25)23-9-5-8-20(27)26-16-18-6-3-4-7-19(18)17-26/h3-4,6-7H,2,5,8-17H2,1H3,(H2,22,23,24). The molecule has 0 aliphatic carbocycles. The highest BCUT2D eigenvalue weighted by atomic mass is 16.5. The van der Waals surface area contributed by atoms with Crippen LogP contribution in [0.15, 0.2) is 29.3 Å². The fourth-order valence-electron chi connectivity index (χ4n) is 3.59. The molecule has 1 aromatic carbocycles. The largest absolute Gasteiger partial charge is 0.379 e. The minimum absolute atomic E-state index is 0.219. The van der Waals surface area contributed by atoms with Crippen LogP contribution in [0.2, 0.25) is 0 Å². The molecule has 154 valence electrons. The van der Waals surface area contributed by atoms with Gasteiger partial charge in [-0.25, -0.2) is 0 Å². The van der Waals surface area contributed by atoms with Crippen molar-refractivity contribution in [1.82, 2.24) is 20.4 Å². The van der Waals surface area contributed by atoms with Gasteiger partial charge in [0.15, 0.2) is 5.96 Å². The summed E-state index contributed by atoms with van der Waals surface area (Å²) in [5, 5.41) is 6.66. The molecule has 1 saturated heterocycles. The lowest BCUT2D eigenvalue weighted by Gasteiger charge is -2.26. The Balaban J connectivity index is 1.34. The maximum Gasteiger partial charge on any atom is 0.223 e. The van der Waals surface area contributed by atoms with Crippen LogP contribution >= 0.6 is 0 Å². The van der Waals surface area contributed by atoms with Gasteiger partial charge in [0, 0.05) is 58.8 Å².